The fourth-order valence-electron chi connectivity index (χ4n) is 4.64. The molecule has 4 N–H and O–H groups in total. The lowest BCUT2D eigenvalue weighted by Gasteiger charge is -2.24. The number of aromatic amines is 1. The number of phenolic OH excluding ortho intramolecular Hbond substituents is 1. The molecule has 9 heteroatoms. The number of aromatic nitrogens is 1. The van der Waals surface area contributed by atoms with Crippen LogP contribution in [0.25, 0.3) is 20.3 Å². The predicted molar refractivity (Wildman–Crippen MR) is 131 cm³/mol. The molecule has 0 radical (unpaired) electrons. The summed E-state index contributed by atoms with van der Waals surface area (Å²) in [5, 5.41) is 15.1. The van der Waals surface area contributed by atoms with Crippen molar-refractivity contribution in [3.63, 3.8) is 0 Å². The van der Waals surface area contributed by atoms with Gasteiger partial charge in [0.05, 0.1) is 30.8 Å². The number of halogens is 2. The number of fused-ring (bicyclic) bond motifs is 3. The number of H-pyrrole nitrogens is 1. The number of anilines is 2. The van der Waals surface area contributed by atoms with Gasteiger partial charge in [-0.15, -0.1) is 11.3 Å². The summed E-state index contributed by atoms with van der Waals surface area (Å²) in [4.78, 5) is 17.6. The SMILES string of the molecule is CCOC(=O)c1c[nH+]c2c(sc3ccccc32)c1Nc1ccc(O)c(C[NH+]2CCCCC2)c1.[Cl-].[Cl-]. The summed E-state index contributed by atoms with van der Waals surface area (Å²) in [6.07, 6.45) is 5.49. The maximum atomic E-state index is 12.8. The van der Waals surface area contributed by atoms with Gasteiger partial charge in [0.25, 0.3) is 0 Å². The van der Waals surface area contributed by atoms with Gasteiger partial charge in [-0.1, -0.05) is 12.1 Å². The quantitative estimate of drug-likeness (QED) is 0.199. The minimum atomic E-state index is -0.368. The molecule has 186 valence electrons. The second-order valence-corrected chi connectivity index (χ2v) is 9.61. The number of aromatic hydroxyl groups is 1. The van der Waals surface area contributed by atoms with Gasteiger partial charge in [-0.25, -0.2) is 9.78 Å². The molecule has 5 rings (SSSR count). The molecule has 1 aliphatic heterocycles. The lowest BCUT2D eigenvalue weighted by Crippen LogP contribution is -3.11. The highest BCUT2D eigenvalue weighted by atomic mass is 35.5. The van der Waals surface area contributed by atoms with Crippen LogP contribution in [0, 0.1) is 0 Å². The van der Waals surface area contributed by atoms with Crippen molar-refractivity contribution in [2.75, 3.05) is 25.0 Å². The van der Waals surface area contributed by atoms with Gasteiger partial charge in [0.15, 0.2) is 6.20 Å². The molecule has 0 atom stereocenters. The average Bonchev–Trinajstić information content (AvgIpc) is 3.21. The molecule has 1 saturated heterocycles. The standard InChI is InChI=1S/C26H27N3O3S.2ClH/c1-2-32-26(31)20-15-27-23-19-8-4-5-9-22(19)33-25(23)24(20)28-18-10-11-21(30)17(14-18)16-29-12-6-3-7-13-29;;/h4-5,8-11,14-15,30H,2-3,6-7,12-13,16H2,1H3,(H,27,28);2*1H. The zero-order valence-electron chi connectivity index (χ0n) is 19.5. The van der Waals surface area contributed by atoms with Crippen molar-refractivity contribution < 1.29 is 49.3 Å². The van der Waals surface area contributed by atoms with Crippen LogP contribution < -0.4 is 40.0 Å². The highest BCUT2D eigenvalue weighted by Crippen LogP contribution is 2.39. The van der Waals surface area contributed by atoms with Crippen LogP contribution >= 0.6 is 11.3 Å². The Hall–Kier alpha value is -2.58. The summed E-state index contributed by atoms with van der Waals surface area (Å²) in [6.45, 7) is 5.20. The molecule has 2 aromatic carbocycles. The van der Waals surface area contributed by atoms with Gasteiger partial charge in [0.2, 0.25) is 5.52 Å². The Morgan fingerprint density at radius 2 is 1.91 bits per heavy atom. The number of rotatable bonds is 6. The van der Waals surface area contributed by atoms with E-state index in [9.17, 15) is 9.90 Å². The Balaban J connectivity index is 0.00000171. The number of benzene rings is 2. The Morgan fingerprint density at radius 3 is 2.69 bits per heavy atom. The van der Waals surface area contributed by atoms with Crippen LogP contribution in [-0.2, 0) is 11.3 Å². The smallest absolute Gasteiger partial charge is 0.346 e. The number of hydrogen-bond donors (Lipinski definition) is 3. The van der Waals surface area contributed by atoms with E-state index in [1.165, 1.54) is 24.2 Å². The number of quaternary nitrogens is 1. The van der Waals surface area contributed by atoms with Gasteiger partial charge < -0.3 is 44.9 Å². The van der Waals surface area contributed by atoms with Gasteiger partial charge in [-0.05, 0) is 56.5 Å². The number of thiophene rings is 1. The fraction of sp³-hybridized carbons (Fsp3) is 0.308. The first-order chi connectivity index (χ1) is 16.1. The topological polar surface area (TPSA) is 77.1 Å². The van der Waals surface area contributed by atoms with E-state index in [1.807, 2.05) is 31.2 Å². The third kappa shape index (κ3) is 5.64. The normalized spacial score (nSPS) is 13.7. The Morgan fingerprint density at radius 1 is 1.14 bits per heavy atom. The minimum Gasteiger partial charge on any atom is -1.00 e. The molecule has 0 amide bonds. The molecule has 4 aromatic rings. The number of nitrogens with one attached hydrogen (secondary N) is 3. The van der Waals surface area contributed by atoms with Gasteiger partial charge in [-0.3, -0.25) is 0 Å². The summed E-state index contributed by atoms with van der Waals surface area (Å²) in [5.74, 6) is -0.0509. The number of likely N-dealkylation sites (tertiary alicyclic amines) is 1. The highest BCUT2D eigenvalue weighted by Gasteiger charge is 2.24. The monoisotopic (exact) mass is 533 g/mol. The number of pyridine rings is 1. The largest absolute Gasteiger partial charge is 1.00 e. The molecule has 1 aliphatic rings. The van der Waals surface area contributed by atoms with Gasteiger partial charge >= 0.3 is 5.97 Å². The molecule has 0 saturated carbocycles. The van der Waals surface area contributed by atoms with Crippen molar-refractivity contribution in [1.29, 1.82) is 0 Å². The maximum Gasteiger partial charge on any atom is 0.346 e. The third-order valence-corrected chi connectivity index (χ3v) is 7.49. The maximum absolute atomic E-state index is 12.8. The minimum absolute atomic E-state index is 0. The van der Waals surface area contributed by atoms with Gasteiger partial charge in [-0.2, -0.15) is 0 Å². The van der Waals surface area contributed by atoms with E-state index in [-0.39, 0.29) is 30.8 Å². The molecular formula is C26H29Cl2N3O3S. The number of hydrogen-bond acceptors (Lipinski definition) is 5. The van der Waals surface area contributed by atoms with Crippen LogP contribution in [0.1, 0.15) is 42.1 Å². The number of carbonyl (C=O) groups excluding carboxylic acids is 1. The Bertz CT molecular complexity index is 1320. The van der Waals surface area contributed by atoms with E-state index in [4.69, 9.17) is 4.74 Å². The second-order valence-electron chi connectivity index (χ2n) is 8.56. The lowest BCUT2D eigenvalue weighted by atomic mass is 10.1. The zero-order valence-corrected chi connectivity index (χ0v) is 21.8. The zero-order chi connectivity index (χ0) is 22.8. The summed E-state index contributed by atoms with van der Waals surface area (Å²) in [5.41, 5.74) is 3.94. The van der Waals surface area contributed by atoms with Crippen molar-refractivity contribution >= 4 is 49.0 Å². The van der Waals surface area contributed by atoms with Crippen molar-refractivity contribution in [3.05, 3.63) is 59.8 Å². The predicted octanol–water partition coefficient (Wildman–Crippen LogP) is -1.93. The molecule has 2 aromatic heterocycles. The van der Waals surface area contributed by atoms with Crippen LogP contribution in [-0.4, -0.2) is 30.8 Å². The summed E-state index contributed by atoms with van der Waals surface area (Å²) in [6, 6.07) is 13.8. The first kappa shape index (κ1) is 27.0. The van der Waals surface area contributed by atoms with Crippen LogP contribution in [0.4, 0.5) is 11.4 Å². The molecule has 35 heavy (non-hydrogen) atoms. The van der Waals surface area contributed by atoms with E-state index in [0.717, 1.165) is 56.9 Å². The van der Waals surface area contributed by atoms with Crippen molar-refractivity contribution in [2.24, 2.45) is 0 Å². The lowest BCUT2D eigenvalue weighted by molar-refractivity contribution is -0.918. The van der Waals surface area contributed by atoms with E-state index in [1.54, 1.807) is 23.6 Å². The van der Waals surface area contributed by atoms with Crippen LogP contribution in [0.2, 0.25) is 0 Å². The molecular weight excluding hydrogens is 505 g/mol. The third-order valence-electron chi connectivity index (χ3n) is 6.30. The molecule has 0 bridgehead atoms. The first-order valence-electron chi connectivity index (χ1n) is 11.6. The van der Waals surface area contributed by atoms with Crippen molar-refractivity contribution in [2.45, 2.75) is 32.7 Å². The van der Waals surface area contributed by atoms with Crippen molar-refractivity contribution in [3.8, 4) is 5.75 Å². The Labute approximate surface area is 221 Å². The fourth-order valence-corrected chi connectivity index (χ4v) is 5.83. The number of piperidine rings is 1. The molecule has 0 unspecified atom stereocenters. The average molecular weight is 535 g/mol. The molecule has 0 aliphatic carbocycles. The number of ether oxygens (including phenoxy) is 1. The number of esters is 1. The van der Waals surface area contributed by atoms with Crippen LogP contribution in [0.3, 0.4) is 0 Å². The molecule has 1 fully saturated rings. The summed E-state index contributed by atoms with van der Waals surface area (Å²) in [7, 11) is 0. The van der Waals surface area contributed by atoms with E-state index >= 15 is 0 Å². The van der Waals surface area contributed by atoms with E-state index < -0.39 is 0 Å². The van der Waals surface area contributed by atoms with E-state index in [0.29, 0.717) is 17.9 Å². The van der Waals surface area contributed by atoms with Gasteiger partial charge in [0.1, 0.15) is 22.6 Å². The number of carbonyl (C=O) groups is 1. The highest BCUT2D eigenvalue weighted by molar-refractivity contribution is 7.26. The van der Waals surface area contributed by atoms with Crippen molar-refractivity contribution in [1.82, 2.24) is 0 Å². The molecule has 3 heterocycles. The first-order valence-corrected chi connectivity index (χ1v) is 12.4. The second kappa shape index (κ2) is 11.9. The van der Waals surface area contributed by atoms with E-state index in [2.05, 4.69) is 22.4 Å². The summed E-state index contributed by atoms with van der Waals surface area (Å²) >= 11 is 1.64. The van der Waals surface area contributed by atoms with Gasteiger partial charge in [0, 0.05) is 16.0 Å². The van der Waals surface area contributed by atoms with Crippen LogP contribution in [0.15, 0.2) is 48.7 Å². The van der Waals surface area contributed by atoms with Crippen LogP contribution in [0.5, 0.6) is 5.75 Å². The molecule has 0 spiro atoms. The Kier molecular flexibility index (Phi) is 9.19. The summed E-state index contributed by atoms with van der Waals surface area (Å²) < 4.78 is 7.45. The molecule has 6 nitrogen and oxygen atoms in total. The number of phenols is 1.